The summed E-state index contributed by atoms with van der Waals surface area (Å²) in [6, 6.07) is 23.3. The number of hydrogen-bond acceptors (Lipinski definition) is 15. The molecule has 0 aliphatic carbocycles. The molecule has 0 spiro atoms. The number of unbranched alkanes of at least 4 members (excludes halogenated alkanes) is 7. The van der Waals surface area contributed by atoms with Gasteiger partial charge in [0.15, 0.2) is 5.78 Å². The molecule has 0 bridgehead atoms. The summed E-state index contributed by atoms with van der Waals surface area (Å²) in [5, 5.41) is 67.7. The number of Topliss-reactive ketones (excluding diaryl/α,β-unsaturated/α-hetero) is 2. The lowest BCUT2D eigenvalue weighted by Gasteiger charge is -2.33. The molecule has 0 radical (unpaired) electrons. The Labute approximate surface area is 543 Å². The van der Waals surface area contributed by atoms with E-state index in [2.05, 4.69) is 21.3 Å². The van der Waals surface area contributed by atoms with Crippen molar-refractivity contribution in [1.29, 1.82) is 0 Å². The molecule has 25 heteroatoms. The molecule has 4 unspecified atom stereocenters. The molecule has 1 heterocycles. The zero-order chi connectivity index (χ0) is 67.2. The summed E-state index contributed by atoms with van der Waals surface area (Å²) >= 11 is 5.99. The zero-order valence-corrected chi connectivity index (χ0v) is 53.3. The van der Waals surface area contributed by atoms with Crippen LogP contribution in [0.5, 0.6) is 0 Å². The van der Waals surface area contributed by atoms with Crippen LogP contribution in [0.1, 0.15) is 138 Å². The van der Waals surface area contributed by atoms with Crippen LogP contribution >= 0.6 is 12.2 Å². The first-order valence-electron chi connectivity index (χ1n) is 31.9. The number of ketones is 2. The molecule has 1 aliphatic rings. The molecule has 5 atom stereocenters. The number of benzene rings is 3. The van der Waals surface area contributed by atoms with Gasteiger partial charge in [-0.2, -0.15) is 0 Å². The average molecular weight is 1300 g/mol. The maximum atomic E-state index is 14.5. The van der Waals surface area contributed by atoms with E-state index in [-0.39, 0.29) is 121 Å². The molecule has 10 N–H and O–H groups in total. The van der Waals surface area contributed by atoms with Crippen molar-refractivity contribution in [3.05, 3.63) is 107 Å². The summed E-state index contributed by atoms with van der Waals surface area (Å²) < 4.78 is 0. The summed E-state index contributed by atoms with van der Waals surface area (Å²) in [4.78, 5) is 141. The van der Waals surface area contributed by atoms with E-state index in [0.717, 1.165) is 28.7 Å². The standard InChI is InChI=1S/C67H93N7O17S/c75-54(22-12-1-2-14-24-59(77)68-31-15-6-16-32-69-67(91)71-56(66(89)90)29-30-60(78)79)41-51(65(87)88)21-11-5-13-23-58(76)57(40-48-19-9-4-10-20-48)70-64(86)52(37-47-17-7-3-8-18-47)42-55(92)39-50-27-25-49(26-28-50)38-53-43-73(45-62(82)83)34-33-72(44-61(80)81)35-36-74(53)46-63(84)85/h3-4,7-10,17-20,25-28,51-53,56-57H,1-2,5-6,11-16,21-24,29-46H2,(H,68,77)(H,70,86)(H,78,79)(H,80,81)(H,82,83)(H,84,85)(H,87,88)(H,89,90)(H2,69,71,91)/t51?,52?,53?,56-,57?/m0/s1. The largest absolute Gasteiger partial charge is 0.481 e. The molecule has 4 rings (SSSR count). The first-order chi connectivity index (χ1) is 44.0. The Balaban J connectivity index is 1.23. The molecule has 92 heavy (non-hydrogen) atoms. The van der Waals surface area contributed by atoms with Gasteiger partial charge >= 0.3 is 41.8 Å². The third kappa shape index (κ3) is 32.8. The van der Waals surface area contributed by atoms with Crippen LogP contribution in [0, 0.1) is 11.8 Å². The van der Waals surface area contributed by atoms with E-state index >= 15 is 0 Å². The second-order valence-corrected chi connectivity index (χ2v) is 24.4. The highest BCUT2D eigenvalue weighted by Crippen LogP contribution is 2.22. The summed E-state index contributed by atoms with van der Waals surface area (Å²) in [6.45, 7) is 1.25. The van der Waals surface area contributed by atoms with Crippen LogP contribution in [-0.4, -0.2) is 199 Å². The first-order valence-corrected chi connectivity index (χ1v) is 32.3. The lowest BCUT2D eigenvalue weighted by Crippen LogP contribution is -2.49. The van der Waals surface area contributed by atoms with Gasteiger partial charge in [-0.3, -0.25) is 57.9 Å². The van der Waals surface area contributed by atoms with Gasteiger partial charge in [-0.25, -0.2) is 9.59 Å². The number of carbonyl (C=O) groups excluding carboxylic acids is 5. The predicted octanol–water partition coefficient (Wildman–Crippen LogP) is 6.08. The van der Waals surface area contributed by atoms with Gasteiger partial charge in [0.25, 0.3) is 0 Å². The fourth-order valence-corrected chi connectivity index (χ4v) is 11.5. The number of hydrogen-bond donors (Lipinski definition) is 10. The number of rotatable bonds is 46. The van der Waals surface area contributed by atoms with Crippen LogP contribution in [0.15, 0.2) is 84.9 Å². The molecule has 3 aromatic rings. The number of nitrogens with zero attached hydrogens (tertiary/aromatic N) is 3. The van der Waals surface area contributed by atoms with Gasteiger partial charge in [-0.15, -0.1) is 0 Å². The number of nitrogens with one attached hydrogen (secondary N) is 4. The number of carboxylic acids is 6. The van der Waals surface area contributed by atoms with Crippen molar-refractivity contribution in [3.8, 4) is 0 Å². The zero-order valence-electron chi connectivity index (χ0n) is 52.5. The van der Waals surface area contributed by atoms with Gasteiger partial charge in [0.2, 0.25) is 11.8 Å². The maximum Gasteiger partial charge on any atom is 0.326 e. The van der Waals surface area contributed by atoms with E-state index < -0.39 is 78.2 Å². The number of thiocarbonyl (C=S) groups is 1. The monoisotopic (exact) mass is 1300 g/mol. The van der Waals surface area contributed by atoms with Crippen LogP contribution in [0.2, 0.25) is 0 Å². The van der Waals surface area contributed by atoms with Crippen molar-refractivity contribution in [2.75, 3.05) is 65.4 Å². The highest BCUT2D eigenvalue weighted by molar-refractivity contribution is 7.80. The average Bonchev–Trinajstić information content (AvgIpc) is 1.95. The molecule has 1 saturated heterocycles. The Morgan fingerprint density at radius 3 is 1.65 bits per heavy atom. The van der Waals surface area contributed by atoms with E-state index in [9.17, 15) is 78.3 Å². The minimum absolute atomic E-state index is 0.0976. The van der Waals surface area contributed by atoms with Crippen LogP contribution in [0.4, 0.5) is 4.79 Å². The van der Waals surface area contributed by atoms with Crippen LogP contribution < -0.4 is 21.3 Å². The van der Waals surface area contributed by atoms with Crippen LogP contribution in [0.25, 0.3) is 0 Å². The SMILES string of the molecule is O=C(O)CC[C@H](NC(=O)NCCCCCNC(=O)CCCCCCC(=O)CC(CCCCCC(=O)C(Cc1ccccc1)NC(=O)C(CC(=S)Cc1ccc(CC2CN(CC(=O)O)CCN(CC(=O)O)CCN2CC(=O)O)cc1)Cc1ccccc1)C(=O)O)C(=O)O. The number of aliphatic carboxylic acids is 6. The van der Waals surface area contributed by atoms with Gasteiger partial charge in [0.05, 0.1) is 31.6 Å². The van der Waals surface area contributed by atoms with Gasteiger partial charge in [-0.1, -0.05) is 123 Å². The molecule has 0 aromatic heterocycles. The molecular formula is C67H93N7O17S. The smallest absolute Gasteiger partial charge is 0.326 e. The number of carbonyl (C=O) groups is 11. The maximum absolute atomic E-state index is 14.5. The van der Waals surface area contributed by atoms with Crippen molar-refractivity contribution >= 4 is 82.3 Å². The van der Waals surface area contributed by atoms with Crippen molar-refractivity contribution < 1.29 is 83.4 Å². The summed E-state index contributed by atoms with van der Waals surface area (Å²) in [7, 11) is 0. The predicted molar refractivity (Wildman–Crippen MR) is 346 cm³/mol. The van der Waals surface area contributed by atoms with Crippen LogP contribution in [0.3, 0.4) is 0 Å². The number of amides is 4. The molecule has 1 aliphatic heterocycles. The van der Waals surface area contributed by atoms with Crippen molar-refractivity contribution in [1.82, 2.24) is 36.0 Å². The van der Waals surface area contributed by atoms with E-state index in [1.54, 1.807) is 14.7 Å². The molecule has 504 valence electrons. The Morgan fingerprint density at radius 2 is 1.03 bits per heavy atom. The minimum Gasteiger partial charge on any atom is -0.481 e. The summed E-state index contributed by atoms with van der Waals surface area (Å²) in [5.41, 5.74) is 3.53. The molecule has 3 aromatic carbocycles. The van der Waals surface area contributed by atoms with E-state index in [1.807, 2.05) is 84.9 Å². The van der Waals surface area contributed by atoms with Gasteiger partial charge in [0.1, 0.15) is 11.8 Å². The lowest BCUT2D eigenvalue weighted by molar-refractivity contribution is -0.144. The lowest BCUT2D eigenvalue weighted by atomic mass is 9.90. The second-order valence-electron chi connectivity index (χ2n) is 23.8. The van der Waals surface area contributed by atoms with Gasteiger partial charge < -0.3 is 51.9 Å². The normalized spacial score (nSPS) is 15.2. The van der Waals surface area contributed by atoms with Gasteiger partial charge in [0, 0.05) is 96.3 Å². The highest BCUT2D eigenvalue weighted by atomic mass is 32.1. The third-order valence-corrected chi connectivity index (χ3v) is 16.5. The third-order valence-electron chi connectivity index (χ3n) is 16.2. The van der Waals surface area contributed by atoms with Crippen LogP contribution in [-0.2, 0) is 73.6 Å². The Kier molecular flexibility index (Phi) is 35.7. The van der Waals surface area contributed by atoms with E-state index in [4.69, 9.17) is 17.3 Å². The van der Waals surface area contributed by atoms with E-state index in [1.165, 1.54) is 0 Å². The van der Waals surface area contributed by atoms with Crippen molar-refractivity contribution in [3.63, 3.8) is 0 Å². The Hall–Kier alpha value is -8.00. The Bertz CT molecular complexity index is 2870. The van der Waals surface area contributed by atoms with Gasteiger partial charge in [-0.05, 0) is 104 Å². The highest BCUT2D eigenvalue weighted by Gasteiger charge is 2.30. The fraction of sp³-hybridized carbons (Fsp3) is 0.552. The Morgan fingerprint density at radius 1 is 0.478 bits per heavy atom. The summed E-state index contributed by atoms with van der Waals surface area (Å²) in [5.74, 6) is -8.93. The summed E-state index contributed by atoms with van der Waals surface area (Å²) in [6.07, 6.45) is 7.84. The minimum atomic E-state index is -1.33. The molecule has 4 amide bonds. The van der Waals surface area contributed by atoms with E-state index in [0.29, 0.717) is 101 Å². The molecule has 1 fully saturated rings. The second kappa shape index (κ2) is 42.9. The fourth-order valence-electron chi connectivity index (χ4n) is 11.2. The molecule has 24 nitrogen and oxygen atoms in total. The molecular weight excluding hydrogens is 1210 g/mol. The van der Waals surface area contributed by atoms with Crippen molar-refractivity contribution in [2.45, 2.75) is 159 Å². The number of urea groups is 1. The quantitative estimate of drug-likeness (QED) is 0.0226. The van der Waals surface area contributed by atoms with Crippen molar-refractivity contribution in [2.24, 2.45) is 11.8 Å². The topological polar surface area (TPSA) is 367 Å². The number of carboxylic acid groups (broad SMARTS) is 6. The first kappa shape index (κ1) is 76.5. The molecule has 0 saturated carbocycles.